The maximum atomic E-state index is 13.2. The average Bonchev–Trinajstić information content (AvgIpc) is 2.52. The molecule has 1 aliphatic rings. The lowest BCUT2D eigenvalue weighted by Crippen LogP contribution is -2.41. The zero-order valence-electron chi connectivity index (χ0n) is 11.9. The average molecular weight is 301 g/mol. The lowest BCUT2D eigenvalue weighted by Gasteiger charge is -2.35. The number of carbonyl (C=O) groups is 1. The Labute approximate surface area is 127 Å². The molecule has 1 heterocycles. The molecule has 3 rings (SSSR count). The molecule has 0 fully saturated rings. The van der Waals surface area contributed by atoms with Crippen molar-refractivity contribution in [3.63, 3.8) is 0 Å². The Morgan fingerprint density at radius 1 is 1.27 bits per heavy atom. The van der Waals surface area contributed by atoms with Gasteiger partial charge in [0, 0.05) is 12.6 Å². The summed E-state index contributed by atoms with van der Waals surface area (Å²) in [5, 5.41) is 9.39. The smallest absolute Gasteiger partial charge is 0.407 e. The van der Waals surface area contributed by atoms with E-state index < -0.39 is 6.09 Å². The van der Waals surface area contributed by atoms with Gasteiger partial charge in [0.15, 0.2) is 0 Å². The maximum absolute atomic E-state index is 13.2. The number of nitrogens with zero attached hydrogens (tertiary/aromatic N) is 1. The molecule has 114 valence electrons. The fourth-order valence-corrected chi connectivity index (χ4v) is 2.79. The second-order valence-corrected chi connectivity index (χ2v) is 5.21. The quantitative estimate of drug-likeness (QED) is 0.944. The second-order valence-electron chi connectivity index (χ2n) is 5.21. The lowest BCUT2D eigenvalue weighted by atomic mass is 9.93. The van der Waals surface area contributed by atoms with Crippen molar-refractivity contribution in [3.8, 4) is 5.75 Å². The molecule has 0 spiro atoms. The summed E-state index contributed by atoms with van der Waals surface area (Å²) in [6.07, 6.45) is -0.277. The van der Waals surface area contributed by atoms with E-state index >= 15 is 0 Å². The van der Waals surface area contributed by atoms with E-state index in [1.807, 2.05) is 24.3 Å². The molecule has 0 radical (unpaired) electrons. The number of hydrogen-bond donors (Lipinski definition) is 1. The van der Waals surface area contributed by atoms with Gasteiger partial charge in [-0.05, 0) is 29.7 Å². The normalized spacial score (nSPS) is 17.0. The molecule has 1 amide bonds. The van der Waals surface area contributed by atoms with Gasteiger partial charge in [0.25, 0.3) is 0 Å². The van der Waals surface area contributed by atoms with Crippen molar-refractivity contribution in [2.45, 2.75) is 12.5 Å². The highest BCUT2D eigenvalue weighted by atomic mass is 19.1. The molecule has 1 N–H and O–H groups in total. The molecular weight excluding hydrogens is 285 g/mol. The third-order valence-electron chi connectivity index (χ3n) is 3.86. The van der Waals surface area contributed by atoms with Crippen LogP contribution < -0.4 is 4.74 Å². The van der Waals surface area contributed by atoms with Crippen LogP contribution >= 0.6 is 0 Å². The minimum atomic E-state index is -0.970. The summed E-state index contributed by atoms with van der Waals surface area (Å²) in [5.41, 5.74) is 2.08. The monoisotopic (exact) mass is 301 g/mol. The molecule has 22 heavy (non-hydrogen) atoms. The van der Waals surface area contributed by atoms with Crippen molar-refractivity contribution in [2.75, 3.05) is 13.2 Å². The standard InChI is InChI=1S/C17H16FNO3/c18-13-5-3-6-14(10-13)22-11-16-15-7-2-1-4-12(15)8-9-19(16)17(20)21/h1-7,10,16H,8-9,11H2,(H,20,21). The van der Waals surface area contributed by atoms with Crippen molar-refractivity contribution < 1.29 is 19.0 Å². The summed E-state index contributed by atoms with van der Waals surface area (Å²) >= 11 is 0. The first kappa shape index (κ1) is 14.4. The molecule has 5 heteroatoms. The van der Waals surface area contributed by atoms with Crippen LogP contribution in [0.4, 0.5) is 9.18 Å². The summed E-state index contributed by atoms with van der Waals surface area (Å²) in [6, 6.07) is 13.2. The molecule has 0 bridgehead atoms. The molecule has 0 aliphatic carbocycles. The Morgan fingerprint density at radius 2 is 2.09 bits per heavy atom. The Balaban J connectivity index is 1.83. The highest BCUT2D eigenvalue weighted by molar-refractivity contribution is 5.66. The fourth-order valence-electron chi connectivity index (χ4n) is 2.79. The van der Waals surface area contributed by atoms with Crippen LogP contribution in [0.25, 0.3) is 0 Å². The van der Waals surface area contributed by atoms with Crippen LogP contribution in [0.3, 0.4) is 0 Å². The van der Waals surface area contributed by atoms with Gasteiger partial charge in [-0.15, -0.1) is 0 Å². The second kappa shape index (κ2) is 6.05. The Bertz CT molecular complexity index is 689. The third kappa shape index (κ3) is 2.88. The van der Waals surface area contributed by atoms with Crippen LogP contribution in [-0.2, 0) is 6.42 Å². The van der Waals surface area contributed by atoms with Crippen LogP contribution in [0.15, 0.2) is 48.5 Å². The molecule has 1 aliphatic heterocycles. The van der Waals surface area contributed by atoms with Gasteiger partial charge in [0.2, 0.25) is 0 Å². The first-order valence-corrected chi connectivity index (χ1v) is 7.11. The lowest BCUT2D eigenvalue weighted by molar-refractivity contribution is 0.0981. The highest BCUT2D eigenvalue weighted by Gasteiger charge is 2.31. The molecule has 1 atom stereocenters. The van der Waals surface area contributed by atoms with Gasteiger partial charge in [0.05, 0.1) is 6.04 Å². The first-order valence-electron chi connectivity index (χ1n) is 7.11. The molecule has 0 aromatic heterocycles. The SMILES string of the molecule is O=C(O)N1CCc2ccccc2C1COc1cccc(F)c1. The van der Waals surface area contributed by atoms with E-state index in [1.165, 1.54) is 17.0 Å². The van der Waals surface area contributed by atoms with E-state index in [4.69, 9.17) is 4.74 Å². The van der Waals surface area contributed by atoms with E-state index in [-0.39, 0.29) is 18.5 Å². The van der Waals surface area contributed by atoms with Crippen LogP contribution in [0.2, 0.25) is 0 Å². The van der Waals surface area contributed by atoms with Crippen LogP contribution in [0.5, 0.6) is 5.75 Å². The number of halogens is 1. The van der Waals surface area contributed by atoms with E-state index in [1.54, 1.807) is 12.1 Å². The fraction of sp³-hybridized carbons (Fsp3) is 0.235. The van der Waals surface area contributed by atoms with Crippen molar-refractivity contribution in [3.05, 3.63) is 65.5 Å². The molecular formula is C17H16FNO3. The van der Waals surface area contributed by atoms with E-state index in [2.05, 4.69) is 0 Å². The predicted octanol–water partition coefficient (Wildman–Crippen LogP) is 3.48. The Morgan fingerprint density at radius 3 is 2.86 bits per heavy atom. The number of amides is 1. The molecule has 0 saturated heterocycles. The number of fused-ring (bicyclic) bond motifs is 1. The minimum absolute atomic E-state index is 0.159. The molecule has 4 nitrogen and oxygen atoms in total. The summed E-state index contributed by atoms with van der Waals surface area (Å²) in [5.74, 6) is 0.0185. The van der Waals surface area contributed by atoms with Crippen molar-refractivity contribution in [2.24, 2.45) is 0 Å². The van der Waals surface area contributed by atoms with Gasteiger partial charge in [0.1, 0.15) is 18.2 Å². The van der Waals surface area contributed by atoms with Crippen molar-refractivity contribution >= 4 is 6.09 Å². The number of ether oxygens (including phenoxy) is 1. The zero-order chi connectivity index (χ0) is 15.5. The predicted molar refractivity (Wildman–Crippen MR) is 79.5 cm³/mol. The van der Waals surface area contributed by atoms with Gasteiger partial charge in [-0.25, -0.2) is 9.18 Å². The van der Waals surface area contributed by atoms with Gasteiger partial charge in [-0.3, -0.25) is 4.90 Å². The largest absolute Gasteiger partial charge is 0.491 e. The molecule has 2 aromatic rings. The highest BCUT2D eigenvalue weighted by Crippen LogP contribution is 2.30. The van der Waals surface area contributed by atoms with E-state index in [0.717, 1.165) is 11.1 Å². The zero-order valence-corrected chi connectivity index (χ0v) is 11.9. The van der Waals surface area contributed by atoms with Crippen LogP contribution in [0.1, 0.15) is 17.2 Å². The van der Waals surface area contributed by atoms with Crippen molar-refractivity contribution in [1.82, 2.24) is 4.90 Å². The number of benzene rings is 2. The Hall–Kier alpha value is -2.56. The third-order valence-corrected chi connectivity index (χ3v) is 3.86. The first-order chi connectivity index (χ1) is 10.6. The molecule has 0 saturated carbocycles. The van der Waals surface area contributed by atoms with Gasteiger partial charge < -0.3 is 9.84 Å². The van der Waals surface area contributed by atoms with Crippen molar-refractivity contribution in [1.29, 1.82) is 0 Å². The summed E-state index contributed by atoms with van der Waals surface area (Å²) in [7, 11) is 0. The van der Waals surface area contributed by atoms with Crippen LogP contribution in [-0.4, -0.2) is 29.3 Å². The number of carboxylic acid groups (broad SMARTS) is 1. The van der Waals surface area contributed by atoms with Gasteiger partial charge in [-0.2, -0.15) is 0 Å². The maximum Gasteiger partial charge on any atom is 0.407 e. The van der Waals surface area contributed by atoms with Crippen LogP contribution in [0, 0.1) is 5.82 Å². The van der Waals surface area contributed by atoms with E-state index in [9.17, 15) is 14.3 Å². The minimum Gasteiger partial charge on any atom is -0.491 e. The number of rotatable bonds is 3. The van der Waals surface area contributed by atoms with E-state index in [0.29, 0.717) is 18.7 Å². The molecule has 2 aromatic carbocycles. The molecule has 1 unspecified atom stereocenters. The summed E-state index contributed by atoms with van der Waals surface area (Å²) in [4.78, 5) is 12.8. The van der Waals surface area contributed by atoms with Gasteiger partial charge in [-0.1, -0.05) is 30.3 Å². The Kier molecular flexibility index (Phi) is 3.96. The number of hydrogen-bond acceptors (Lipinski definition) is 2. The summed E-state index contributed by atoms with van der Waals surface area (Å²) < 4.78 is 18.8. The van der Waals surface area contributed by atoms with Gasteiger partial charge >= 0.3 is 6.09 Å². The summed E-state index contributed by atoms with van der Waals surface area (Å²) in [6.45, 7) is 0.594. The topological polar surface area (TPSA) is 49.8 Å².